The molecule has 0 saturated carbocycles. The summed E-state index contributed by atoms with van der Waals surface area (Å²) in [6.07, 6.45) is 0. The van der Waals surface area contributed by atoms with Crippen molar-refractivity contribution in [1.82, 2.24) is 14.9 Å². The van der Waals surface area contributed by atoms with Gasteiger partial charge in [-0.3, -0.25) is 0 Å². The predicted molar refractivity (Wildman–Crippen MR) is 80.9 cm³/mol. The van der Waals surface area contributed by atoms with Crippen molar-refractivity contribution in [3.8, 4) is 10.8 Å². The molecule has 0 unspecified atom stereocenters. The monoisotopic (exact) mass is 347 g/mol. The fraction of sp³-hybridized carbons (Fsp3) is 0.500. The zero-order valence-corrected chi connectivity index (χ0v) is 13.8. The maximum Gasteiger partial charge on any atom is 0.268 e. The third kappa shape index (κ3) is 4.34. The molecule has 0 aliphatic rings. The van der Waals surface area contributed by atoms with Gasteiger partial charge in [0.1, 0.15) is 5.25 Å². The normalized spacial score (nSPS) is 12.1. The van der Waals surface area contributed by atoms with E-state index in [-0.39, 0.29) is 25.6 Å². The van der Waals surface area contributed by atoms with Crippen molar-refractivity contribution < 1.29 is 22.4 Å². The number of hydrogen-bond donors (Lipinski definition) is 1. The molecule has 0 fully saturated rings. The van der Waals surface area contributed by atoms with Crippen molar-refractivity contribution in [1.29, 1.82) is 0 Å². The van der Waals surface area contributed by atoms with E-state index in [1.54, 1.807) is 0 Å². The van der Waals surface area contributed by atoms with Crippen LogP contribution in [-0.2, 0) is 26.0 Å². The van der Waals surface area contributed by atoms with Crippen molar-refractivity contribution in [3.63, 3.8) is 0 Å². The molecule has 0 amide bonds. The molecule has 0 aliphatic carbocycles. The number of rotatable bonds is 9. The molecular weight excluding hydrogens is 330 g/mol. The SMILES string of the molecule is COCC(COC)S(=O)(=O)NCc1noc(-c2cccs2)n1. The summed E-state index contributed by atoms with van der Waals surface area (Å²) in [5.74, 6) is 0.634. The van der Waals surface area contributed by atoms with Crippen molar-refractivity contribution >= 4 is 21.4 Å². The first-order chi connectivity index (χ1) is 10.6. The average Bonchev–Trinajstić information content (AvgIpc) is 3.16. The van der Waals surface area contributed by atoms with Crippen LogP contribution in [0.5, 0.6) is 0 Å². The van der Waals surface area contributed by atoms with Gasteiger partial charge in [0.05, 0.1) is 24.6 Å². The van der Waals surface area contributed by atoms with Crippen LogP contribution in [-0.4, -0.2) is 51.2 Å². The zero-order chi connectivity index (χ0) is 16.0. The van der Waals surface area contributed by atoms with Crippen LogP contribution < -0.4 is 4.72 Å². The Bertz CT molecular complexity index is 663. The summed E-state index contributed by atoms with van der Waals surface area (Å²) in [6, 6.07) is 3.71. The standard InChI is InChI=1S/C12H17N3O5S2/c1-18-7-9(8-19-2)22(16,17)13-6-11-14-12(20-15-11)10-4-3-5-21-10/h3-5,9,13H,6-8H2,1-2H3. The number of hydrogen-bond acceptors (Lipinski definition) is 8. The summed E-state index contributed by atoms with van der Waals surface area (Å²) < 4.78 is 41.7. The molecule has 2 heterocycles. The van der Waals surface area contributed by atoms with Gasteiger partial charge in [0, 0.05) is 14.2 Å². The Labute approximate surface area is 132 Å². The van der Waals surface area contributed by atoms with Gasteiger partial charge in [-0.25, -0.2) is 13.1 Å². The molecule has 0 radical (unpaired) electrons. The Hall–Kier alpha value is -1.33. The van der Waals surface area contributed by atoms with Crippen LogP contribution in [0.3, 0.4) is 0 Å². The summed E-state index contributed by atoms with van der Waals surface area (Å²) in [7, 11) is -0.738. The topological polar surface area (TPSA) is 104 Å². The third-order valence-electron chi connectivity index (χ3n) is 2.78. The van der Waals surface area contributed by atoms with E-state index >= 15 is 0 Å². The van der Waals surface area contributed by atoms with Crippen LogP contribution in [0.1, 0.15) is 5.82 Å². The first kappa shape index (κ1) is 17.0. The Morgan fingerprint density at radius 3 is 2.68 bits per heavy atom. The number of sulfonamides is 1. The number of aromatic nitrogens is 2. The van der Waals surface area contributed by atoms with Gasteiger partial charge in [-0.15, -0.1) is 11.3 Å². The molecule has 22 heavy (non-hydrogen) atoms. The second kappa shape index (κ2) is 7.79. The Kier molecular flexibility index (Phi) is 6.03. The van der Waals surface area contributed by atoms with E-state index in [1.807, 2.05) is 17.5 Å². The lowest BCUT2D eigenvalue weighted by atomic mass is 10.5. The maximum absolute atomic E-state index is 12.2. The number of ether oxygens (including phenoxy) is 2. The Morgan fingerprint density at radius 1 is 1.36 bits per heavy atom. The van der Waals surface area contributed by atoms with Crippen molar-refractivity contribution in [2.45, 2.75) is 11.8 Å². The van der Waals surface area contributed by atoms with Crippen LogP contribution in [0.2, 0.25) is 0 Å². The molecule has 2 aromatic heterocycles. The van der Waals surface area contributed by atoms with Crippen LogP contribution in [0.25, 0.3) is 10.8 Å². The minimum atomic E-state index is -3.61. The molecular formula is C12H17N3O5S2. The molecule has 0 aliphatic heterocycles. The summed E-state index contributed by atoms with van der Waals surface area (Å²) >= 11 is 1.46. The van der Waals surface area contributed by atoms with Crippen molar-refractivity contribution in [3.05, 3.63) is 23.3 Å². The molecule has 0 bridgehead atoms. The van der Waals surface area contributed by atoms with Gasteiger partial charge in [-0.1, -0.05) is 11.2 Å². The number of nitrogens with zero attached hydrogens (tertiary/aromatic N) is 2. The highest BCUT2D eigenvalue weighted by Gasteiger charge is 2.25. The first-order valence-corrected chi connectivity index (χ1v) is 8.82. The van der Waals surface area contributed by atoms with Gasteiger partial charge < -0.3 is 14.0 Å². The van der Waals surface area contributed by atoms with Gasteiger partial charge in [-0.2, -0.15) is 4.98 Å². The van der Waals surface area contributed by atoms with E-state index in [2.05, 4.69) is 14.9 Å². The van der Waals surface area contributed by atoms with Crippen LogP contribution >= 0.6 is 11.3 Å². The number of nitrogens with one attached hydrogen (secondary N) is 1. The molecule has 0 aromatic carbocycles. The molecule has 10 heteroatoms. The molecule has 2 aromatic rings. The Balaban J connectivity index is 1.99. The predicted octanol–water partition coefficient (Wildman–Crippen LogP) is 0.879. The van der Waals surface area contributed by atoms with E-state index in [1.165, 1.54) is 25.6 Å². The van der Waals surface area contributed by atoms with E-state index in [9.17, 15) is 8.42 Å². The highest BCUT2D eigenvalue weighted by Crippen LogP contribution is 2.22. The van der Waals surface area contributed by atoms with Gasteiger partial charge >= 0.3 is 0 Å². The summed E-state index contributed by atoms with van der Waals surface area (Å²) in [4.78, 5) is 4.98. The average molecular weight is 347 g/mol. The quantitative estimate of drug-likeness (QED) is 0.718. The summed E-state index contributed by atoms with van der Waals surface area (Å²) in [5, 5.41) is 4.85. The highest BCUT2D eigenvalue weighted by atomic mass is 32.2. The minimum Gasteiger partial charge on any atom is -0.383 e. The van der Waals surface area contributed by atoms with Gasteiger partial charge in [-0.05, 0) is 11.4 Å². The first-order valence-electron chi connectivity index (χ1n) is 6.39. The van der Waals surface area contributed by atoms with Gasteiger partial charge in [0.25, 0.3) is 5.89 Å². The van der Waals surface area contributed by atoms with E-state index < -0.39 is 15.3 Å². The molecule has 8 nitrogen and oxygen atoms in total. The lowest BCUT2D eigenvalue weighted by molar-refractivity contribution is 0.140. The molecule has 2 rings (SSSR count). The van der Waals surface area contributed by atoms with E-state index in [0.717, 1.165) is 4.88 Å². The number of thiophene rings is 1. The lowest BCUT2D eigenvalue weighted by Gasteiger charge is -2.15. The van der Waals surface area contributed by atoms with E-state index in [0.29, 0.717) is 5.89 Å². The summed E-state index contributed by atoms with van der Waals surface area (Å²) in [6.45, 7) is 0.0207. The highest BCUT2D eigenvalue weighted by molar-refractivity contribution is 7.90. The molecule has 122 valence electrons. The zero-order valence-electron chi connectivity index (χ0n) is 12.2. The van der Waals surface area contributed by atoms with Gasteiger partial charge in [0.15, 0.2) is 5.82 Å². The maximum atomic E-state index is 12.2. The number of methoxy groups -OCH3 is 2. The fourth-order valence-electron chi connectivity index (χ4n) is 1.71. The van der Waals surface area contributed by atoms with Crippen molar-refractivity contribution in [2.24, 2.45) is 0 Å². The second-order valence-corrected chi connectivity index (χ2v) is 7.38. The van der Waals surface area contributed by atoms with Crippen LogP contribution in [0.4, 0.5) is 0 Å². The van der Waals surface area contributed by atoms with Gasteiger partial charge in [0.2, 0.25) is 10.0 Å². The van der Waals surface area contributed by atoms with Crippen LogP contribution in [0, 0.1) is 0 Å². The lowest BCUT2D eigenvalue weighted by Crippen LogP contribution is -2.39. The molecule has 0 saturated heterocycles. The second-order valence-electron chi connectivity index (χ2n) is 4.39. The molecule has 1 N–H and O–H groups in total. The Morgan fingerprint density at radius 2 is 2.09 bits per heavy atom. The fourth-order valence-corrected chi connectivity index (χ4v) is 3.55. The third-order valence-corrected chi connectivity index (χ3v) is 5.33. The molecule has 0 spiro atoms. The minimum absolute atomic E-state index is 0.0376. The largest absolute Gasteiger partial charge is 0.383 e. The van der Waals surface area contributed by atoms with E-state index in [4.69, 9.17) is 14.0 Å². The van der Waals surface area contributed by atoms with Crippen LogP contribution in [0.15, 0.2) is 22.0 Å². The van der Waals surface area contributed by atoms with Crippen molar-refractivity contribution in [2.75, 3.05) is 27.4 Å². The summed E-state index contributed by atoms with van der Waals surface area (Å²) in [5.41, 5.74) is 0. The smallest absolute Gasteiger partial charge is 0.268 e. The molecule has 0 atom stereocenters.